The van der Waals surface area contributed by atoms with E-state index in [9.17, 15) is 14.4 Å². The second-order valence-corrected chi connectivity index (χ2v) is 9.56. The molecule has 4 heterocycles. The smallest absolute Gasteiger partial charge is 0.311 e. The number of rotatable bonds is 9. The highest BCUT2D eigenvalue weighted by atomic mass is 32.1. The number of primary amides is 1. The van der Waals surface area contributed by atoms with E-state index in [0.29, 0.717) is 50.7 Å². The summed E-state index contributed by atoms with van der Waals surface area (Å²) >= 11 is 1.37. The second kappa shape index (κ2) is 10.5. The molecule has 0 saturated carbocycles. The van der Waals surface area contributed by atoms with Crippen LogP contribution in [0.2, 0.25) is 0 Å². The Hall–Kier alpha value is -4.51. The van der Waals surface area contributed by atoms with Crippen LogP contribution in [0.4, 0.5) is 0 Å². The van der Waals surface area contributed by atoms with Gasteiger partial charge in [0.1, 0.15) is 10.8 Å². The van der Waals surface area contributed by atoms with Crippen LogP contribution in [0, 0.1) is 6.92 Å². The molecule has 0 atom stereocenters. The summed E-state index contributed by atoms with van der Waals surface area (Å²) in [6.07, 6.45) is 1.54. The van der Waals surface area contributed by atoms with Crippen LogP contribution in [0.5, 0.6) is 0 Å². The van der Waals surface area contributed by atoms with E-state index in [4.69, 9.17) is 19.9 Å². The molecule has 5 rings (SSSR count). The maximum absolute atomic E-state index is 13.2. The molecule has 5 aromatic rings. The van der Waals surface area contributed by atoms with Gasteiger partial charge in [0.2, 0.25) is 0 Å². The minimum absolute atomic E-state index is 0.0484. The van der Waals surface area contributed by atoms with Gasteiger partial charge in [0.25, 0.3) is 11.5 Å². The third kappa shape index (κ3) is 4.88. The molecular weight excluding hydrogens is 506 g/mol. The Kier molecular flexibility index (Phi) is 6.93. The molecule has 0 radical (unpaired) electrons. The second-order valence-electron chi connectivity index (χ2n) is 8.62. The third-order valence-electron chi connectivity index (χ3n) is 6.19. The summed E-state index contributed by atoms with van der Waals surface area (Å²) in [7, 11) is 0. The predicted molar refractivity (Wildman–Crippen MR) is 142 cm³/mol. The maximum Gasteiger partial charge on any atom is 0.311 e. The molecule has 10 nitrogen and oxygen atoms in total. The monoisotopic (exact) mass is 531 g/mol. The molecule has 4 aromatic heterocycles. The molecule has 2 N–H and O–H groups in total. The number of ether oxygens (including phenoxy) is 1. The first kappa shape index (κ1) is 25.2. The first-order valence-corrected chi connectivity index (χ1v) is 12.8. The number of amides is 1. The van der Waals surface area contributed by atoms with Crippen molar-refractivity contribution in [2.24, 2.45) is 5.73 Å². The summed E-state index contributed by atoms with van der Waals surface area (Å²) in [5, 5.41) is 8.08. The molecule has 11 heteroatoms. The van der Waals surface area contributed by atoms with Crippen molar-refractivity contribution in [3.63, 3.8) is 0 Å². The van der Waals surface area contributed by atoms with Crippen LogP contribution in [0.3, 0.4) is 0 Å². The van der Waals surface area contributed by atoms with Gasteiger partial charge in [0, 0.05) is 16.5 Å². The Bertz CT molecular complexity index is 1700. The van der Waals surface area contributed by atoms with E-state index < -0.39 is 11.9 Å². The van der Waals surface area contributed by atoms with Crippen molar-refractivity contribution in [2.45, 2.75) is 33.4 Å². The zero-order valence-electron chi connectivity index (χ0n) is 20.8. The van der Waals surface area contributed by atoms with Gasteiger partial charge in [-0.1, -0.05) is 18.2 Å². The van der Waals surface area contributed by atoms with Crippen molar-refractivity contribution in [1.82, 2.24) is 19.3 Å². The van der Waals surface area contributed by atoms with Crippen LogP contribution in [-0.4, -0.2) is 37.8 Å². The number of furan rings is 1. The number of nitrogens with two attached hydrogens (primary N) is 1. The van der Waals surface area contributed by atoms with Crippen LogP contribution in [0.1, 0.15) is 39.4 Å². The molecule has 0 bridgehead atoms. The normalized spacial score (nSPS) is 11.2. The number of thiazole rings is 1. The van der Waals surface area contributed by atoms with Crippen LogP contribution in [0.15, 0.2) is 63.3 Å². The lowest BCUT2D eigenvalue weighted by atomic mass is 10.1. The molecule has 1 amide bonds. The van der Waals surface area contributed by atoms with E-state index in [1.807, 2.05) is 22.9 Å². The zero-order valence-corrected chi connectivity index (χ0v) is 21.7. The lowest BCUT2D eigenvalue weighted by molar-refractivity contribution is -0.142. The fraction of sp³-hybridized carbons (Fsp3) is 0.222. The summed E-state index contributed by atoms with van der Waals surface area (Å²) in [4.78, 5) is 42.2. The minimum Gasteiger partial charge on any atom is -0.467 e. The van der Waals surface area contributed by atoms with Crippen LogP contribution in [-0.2, 0) is 29.0 Å². The van der Waals surface area contributed by atoms with Crippen molar-refractivity contribution < 1.29 is 18.7 Å². The molecule has 0 aliphatic rings. The van der Waals surface area contributed by atoms with E-state index >= 15 is 0 Å². The highest BCUT2D eigenvalue weighted by Crippen LogP contribution is 2.28. The van der Waals surface area contributed by atoms with Gasteiger partial charge >= 0.3 is 5.97 Å². The summed E-state index contributed by atoms with van der Waals surface area (Å²) in [6.45, 7) is 4.34. The lowest BCUT2D eigenvalue weighted by Gasteiger charge is -2.10. The molecule has 38 heavy (non-hydrogen) atoms. The maximum atomic E-state index is 13.2. The number of fused-ring (bicyclic) bond motifs is 1. The number of benzene rings is 1. The first-order valence-electron chi connectivity index (χ1n) is 12.0. The molecule has 194 valence electrons. The van der Waals surface area contributed by atoms with Gasteiger partial charge in [-0.25, -0.2) is 9.67 Å². The van der Waals surface area contributed by atoms with E-state index in [1.165, 1.54) is 16.0 Å². The van der Waals surface area contributed by atoms with Gasteiger partial charge in [0.05, 0.1) is 60.4 Å². The summed E-state index contributed by atoms with van der Waals surface area (Å²) < 4.78 is 13.8. The molecule has 0 saturated heterocycles. The summed E-state index contributed by atoms with van der Waals surface area (Å²) in [5.74, 6) is -0.222. The van der Waals surface area contributed by atoms with Gasteiger partial charge in [0.15, 0.2) is 0 Å². The molecule has 0 unspecified atom stereocenters. The predicted octanol–water partition coefficient (Wildman–Crippen LogP) is 3.52. The number of aromatic nitrogens is 4. The molecular formula is C27H25N5O5S. The number of esters is 1. The number of nitrogens with zero attached hydrogens (tertiary/aromatic N) is 4. The minimum atomic E-state index is -0.529. The topological polar surface area (TPSA) is 135 Å². The fourth-order valence-electron chi connectivity index (χ4n) is 4.39. The van der Waals surface area contributed by atoms with Crippen molar-refractivity contribution >= 4 is 34.0 Å². The first-order chi connectivity index (χ1) is 18.4. The van der Waals surface area contributed by atoms with Crippen LogP contribution >= 0.6 is 11.3 Å². The van der Waals surface area contributed by atoms with Gasteiger partial charge in [-0.05, 0) is 38.1 Å². The van der Waals surface area contributed by atoms with Gasteiger partial charge in [-0.15, -0.1) is 11.3 Å². The number of carbonyl (C=O) groups excluding carboxylic acids is 2. The largest absolute Gasteiger partial charge is 0.467 e. The highest BCUT2D eigenvalue weighted by Gasteiger charge is 2.20. The summed E-state index contributed by atoms with van der Waals surface area (Å²) in [5.41, 5.74) is 8.24. The van der Waals surface area contributed by atoms with Crippen molar-refractivity contribution in [3.8, 4) is 11.4 Å². The van der Waals surface area contributed by atoms with E-state index in [1.54, 1.807) is 49.6 Å². The Morgan fingerprint density at radius 2 is 1.92 bits per heavy atom. The molecule has 0 aliphatic heterocycles. The third-order valence-corrected chi connectivity index (χ3v) is 7.02. The van der Waals surface area contributed by atoms with Crippen LogP contribution in [0.25, 0.3) is 22.2 Å². The SMILES string of the molecule is CCOC(=O)Cc1nn(Cc2nc(-c3cc(C(N)=O)c(C)n3Cc3ccco3)cs2)c(=O)c2ccccc12. The lowest BCUT2D eigenvalue weighted by Crippen LogP contribution is -2.26. The van der Waals surface area contributed by atoms with Crippen molar-refractivity contribution in [1.29, 1.82) is 0 Å². The average Bonchev–Trinajstić information content (AvgIpc) is 3.64. The average molecular weight is 532 g/mol. The number of hydrogen-bond acceptors (Lipinski definition) is 8. The Morgan fingerprint density at radius 3 is 2.63 bits per heavy atom. The molecule has 0 aliphatic carbocycles. The van der Waals surface area contributed by atoms with Gasteiger partial charge < -0.3 is 19.5 Å². The van der Waals surface area contributed by atoms with E-state index in [2.05, 4.69) is 5.10 Å². The standard InChI is InChI=1S/C27H25N5O5S/c1-3-36-25(33)12-21-18-8-4-5-9-19(18)27(35)32(30-21)14-24-29-22(15-38-24)23-11-20(26(28)34)16(2)31(23)13-17-7-6-10-37-17/h4-11,15H,3,12-14H2,1-2H3,(H2,28,34). The number of carbonyl (C=O) groups is 2. The number of hydrogen-bond donors (Lipinski definition) is 1. The Morgan fingerprint density at radius 1 is 1.13 bits per heavy atom. The van der Waals surface area contributed by atoms with Crippen LogP contribution < -0.4 is 11.3 Å². The van der Waals surface area contributed by atoms with E-state index in [-0.39, 0.29) is 25.1 Å². The fourth-order valence-corrected chi connectivity index (χ4v) is 5.16. The van der Waals surface area contributed by atoms with Crippen molar-refractivity contribution in [3.05, 3.63) is 92.2 Å². The van der Waals surface area contributed by atoms with Gasteiger partial charge in [-0.2, -0.15) is 5.10 Å². The van der Waals surface area contributed by atoms with Crippen molar-refractivity contribution in [2.75, 3.05) is 6.61 Å². The van der Waals surface area contributed by atoms with E-state index in [0.717, 1.165) is 5.76 Å². The zero-order chi connectivity index (χ0) is 26.8. The Labute approximate surface area is 221 Å². The highest BCUT2D eigenvalue weighted by molar-refractivity contribution is 7.09. The quantitative estimate of drug-likeness (QED) is 0.288. The molecule has 0 spiro atoms. The molecule has 1 aromatic carbocycles. The van der Waals surface area contributed by atoms with Gasteiger partial charge in [-0.3, -0.25) is 14.4 Å². The summed E-state index contributed by atoms with van der Waals surface area (Å²) in [6, 6.07) is 12.4. The Balaban J connectivity index is 1.51. The molecule has 0 fully saturated rings.